The lowest BCUT2D eigenvalue weighted by Gasteiger charge is -2.10. The smallest absolute Gasteiger partial charge is 0.280 e. The van der Waals surface area contributed by atoms with Gasteiger partial charge in [-0.2, -0.15) is 0 Å². The first kappa shape index (κ1) is 16.6. The number of rotatable bonds is 5. The number of aromatic nitrogens is 2. The average molecular weight is 368 g/mol. The van der Waals surface area contributed by atoms with Gasteiger partial charge >= 0.3 is 0 Å². The van der Waals surface area contributed by atoms with Gasteiger partial charge in [0.05, 0.1) is 6.54 Å². The van der Waals surface area contributed by atoms with Crippen molar-refractivity contribution in [1.29, 1.82) is 0 Å². The van der Waals surface area contributed by atoms with Crippen molar-refractivity contribution in [2.24, 2.45) is 0 Å². The third kappa shape index (κ3) is 3.92. The minimum absolute atomic E-state index is 0.157. The van der Waals surface area contributed by atoms with Crippen LogP contribution in [0.25, 0.3) is 0 Å². The maximum atomic E-state index is 11.4. The molecule has 1 aromatic heterocycles. The molecular weight excluding hydrogens is 355 g/mol. The number of benzene rings is 1. The number of aryl methyl sites for hydroxylation is 1. The van der Waals surface area contributed by atoms with Gasteiger partial charge in [0.1, 0.15) is 5.82 Å². The maximum absolute atomic E-state index is 11.4. The van der Waals surface area contributed by atoms with E-state index in [4.69, 9.17) is 33.9 Å². The monoisotopic (exact) mass is 366 g/mol. The molecule has 0 spiro atoms. The summed E-state index contributed by atoms with van der Waals surface area (Å²) in [6.45, 7) is 2.32. The van der Waals surface area contributed by atoms with Crippen LogP contribution in [0, 0.1) is 0 Å². The van der Waals surface area contributed by atoms with Crippen LogP contribution in [0.1, 0.15) is 24.7 Å². The van der Waals surface area contributed by atoms with Crippen LogP contribution in [0.3, 0.4) is 0 Å². The van der Waals surface area contributed by atoms with Crippen molar-refractivity contribution in [3.8, 4) is 0 Å². The molecule has 114 valence electrons. The predicted octanol–water partition coefficient (Wildman–Crippen LogP) is 4.12. The second-order valence-electron chi connectivity index (χ2n) is 4.51. The highest BCUT2D eigenvalue weighted by atomic mass is 35.7. The molecule has 0 radical (unpaired) electrons. The molecule has 8 heteroatoms. The molecular formula is C13H13Cl3N2O2S. The Kier molecular flexibility index (Phi) is 5.20. The van der Waals surface area contributed by atoms with Gasteiger partial charge in [0.15, 0.2) is 5.03 Å². The molecule has 0 unspecified atom stereocenters. The van der Waals surface area contributed by atoms with Crippen LogP contribution in [0.4, 0.5) is 0 Å². The molecule has 1 aromatic carbocycles. The highest BCUT2D eigenvalue weighted by molar-refractivity contribution is 8.13. The Morgan fingerprint density at radius 3 is 2.38 bits per heavy atom. The molecule has 1 heterocycles. The fraction of sp³-hybridized carbons (Fsp3) is 0.308. The van der Waals surface area contributed by atoms with E-state index in [1.807, 2.05) is 6.92 Å². The summed E-state index contributed by atoms with van der Waals surface area (Å²) < 4.78 is 24.6. The van der Waals surface area contributed by atoms with Crippen LogP contribution in [-0.4, -0.2) is 18.0 Å². The van der Waals surface area contributed by atoms with Gasteiger partial charge in [0.25, 0.3) is 9.05 Å². The normalized spacial score (nSPS) is 11.8. The lowest BCUT2D eigenvalue weighted by molar-refractivity contribution is 0.606. The summed E-state index contributed by atoms with van der Waals surface area (Å²) in [5.41, 5.74) is 0.717. The molecule has 0 N–H and O–H groups in total. The lowest BCUT2D eigenvalue weighted by Crippen LogP contribution is -2.05. The standard InChI is InChI=1S/C13H13Cl3N2O2S/c1-2-4-12-17-13(21(16,19)20)8-18(12)7-9-10(14)5-3-6-11(9)15/h3,5-6,8H,2,4,7H2,1H3. The summed E-state index contributed by atoms with van der Waals surface area (Å²) in [5.74, 6) is 0.632. The van der Waals surface area contributed by atoms with Crippen molar-refractivity contribution in [1.82, 2.24) is 9.55 Å². The van der Waals surface area contributed by atoms with E-state index < -0.39 is 9.05 Å². The molecule has 0 fully saturated rings. The molecule has 0 saturated carbocycles. The summed E-state index contributed by atoms with van der Waals surface area (Å²) >= 11 is 12.3. The predicted molar refractivity (Wildman–Crippen MR) is 84.8 cm³/mol. The Bertz CT molecular complexity index is 737. The van der Waals surface area contributed by atoms with E-state index in [2.05, 4.69) is 4.98 Å². The quantitative estimate of drug-likeness (QED) is 0.747. The first-order chi connectivity index (χ1) is 9.82. The second kappa shape index (κ2) is 6.57. The molecule has 0 bridgehead atoms. The zero-order valence-corrected chi connectivity index (χ0v) is 14.3. The summed E-state index contributed by atoms with van der Waals surface area (Å²) in [6.07, 6.45) is 2.87. The van der Waals surface area contributed by atoms with Crippen LogP contribution < -0.4 is 0 Å². The van der Waals surface area contributed by atoms with Crippen LogP contribution in [0.5, 0.6) is 0 Å². The summed E-state index contributed by atoms with van der Waals surface area (Å²) in [4.78, 5) is 4.08. The average Bonchev–Trinajstić information content (AvgIpc) is 2.78. The highest BCUT2D eigenvalue weighted by Crippen LogP contribution is 2.26. The third-order valence-corrected chi connectivity index (χ3v) is 4.83. The number of imidazole rings is 1. The Labute approximate surface area is 138 Å². The van der Waals surface area contributed by atoms with Crippen molar-refractivity contribution in [3.05, 3.63) is 45.8 Å². The summed E-state index contributed by atoms with van der Waals surface area (Å²) in [6, 6.07) is 5.22. The minimum atomic E-state index is -3.86. The minimum Gasteiger partial charge on any atom is -0.329 e. The fourth-order valence-electron chi connectivity index (χ4n) is 1.96. The topological polar surface area (TPSA) is 52.0 Å². The van der Waals surface area contributed by atoms with E-state index in [0.29, 0.717) is 34.4 Å². The SMILES string of the molecule is CCCc1nc(S(=O)(=O)Cl)cn1Cc1c(Cl)cccc1Cl. The van der Waals surface area contributed by atoms with Gasteiger partial charge in [0.2, 0.25) is 0 Å². The van der Waals surface area contributed by atoms with E-state index in [-0.39, 0.29) is 5.03 Å². The zero-order valence-electron chi connectivity index (χ0n) is 11.2. The number of nitrogens with zero attached hydrogens (tertiary/aromatic N) is 2. The summed E-state index contributed by atoms with van der Waals surface area (Å²) in [5, 5.41) is 0.888. The summed E-state index contributed by atoms with van der Waals surface area (Å²) in [7, 11) is 1.49. The number of hydrogen-bond donors (Lipinski definition) is 0. The molecule has 0 amide bonds. The highest BCUT2D eigenvalue weighted by Gasteiger charge is 2.18. The Hall–Kier alpha value is -0.750. The molecule has 4 nitrogen and oxygen atoms in total. The van der Waals surface area contributed by atoms with Gasteiger partial charge in [-0.1, -0.05) is 36.2 Å². The van der Waals surface area contributed by atoms with Crippen LogP contribution >= 0.6 is 33.9 Å². The molecule has 2 rings (SSSR count). The molecule has 0 aliphatic heterocycles. The van der Waals surface area contributed by atoms with Gasteiger partial charge in [-0.05, 0) is 18.6 Å². The van der Waals surface area contributed by atoms with Crippen molar-refractivity contribution in [2.45, 2.75) is 31.3 Å². The molecule has 2 aromatic rings. The van der Waals surface area contributed by atoms with Crippen molar-refractivity contribution < 1.29 is 8.42 Å². The van der Waals surface area contributed by atoms with Gasteiger partial charge in [-0.3, -0.25) is 0 Å². The zero-order chi connectivity index (χ0) is 15.6. The van der Waals surface area contributed by atoms with Crippen LogP contribution in [-0.2, 0) is 22.0 Å². The number of halogens is 3. The Morgan fingerprint density at radius 2 is 1.86 bits per heavy atom. The van der Waals surface area contributed by atoms with E-state index in [0.717, 1.165) is 6.42 Å². The number of hydrogen-bond acceptors (Lipinski definition) is 3. The molecule has 0 aliphatic carbocycles. The van der Waals surface area contributed by atoms with E-state index >= 15 is 0 Å². The van der Waals surface area contributed by atoms with Crippen LogP contribution in [0.15, 0.2) is 29.4 Å². The first-order valence-electron chi connectivity index (χ1n) is 6.26. The van der Waals surface area contributed by atoms with Crippen molar-refractivity contribution in [2.75, 3.05) is 0 Å². The fourth-order valence-corrected chi connectivity index (χ4v) is 3.17. The first-order valence-corrected chi connectivity index (χ1v) is 9.33. The molecule has 0 aliphatic rings. The van der Waals surface area contributed by atoms with E-state index in [1.165, 1.54) is 6.20 Å². The van der Waals surface area contributed by atoms with E-state index in [9.17, 15) is 8.42 Å². The third-order valence-electron chi connectivity index (χ3n) is 2.95. The van der Waals surface area contributed by atoms with Crippen molar-refractivity contribution >= 4 is 42.9 Å². The molecule has 0 atom stereocenters. The Balaban J connectivity index is 2.46. The van der Waals surface area contributed by atoms with Gasteiger partial charge in [-0.15, -0.1) is 0 Å². The molecule has 21 heavy (non-hydrogen) atoms. The van der Waals surface area contributed by atoms with Crippen molar-refractivity contribution in [3.63, 3.8) is 0 Å². The van der Waals surface area contributed by atoms with Gasteiger partial charge in [-0.25, -0.2) is 13.4 Å². The largest absolute Gasteiger partial charge is 0.329 e. The molecule has 0 saturated heterocycles. The second-order valence-corrected chi connectivity index (χ2v) is 7.84. The van der Waals surface area contributed by atoms with Crippen LogP contribution in [0.2, 0.25) is 10.0 Å². The Morgan fingerprint density at radius 1 is 1.24 bits per heavy atom. The lowest BCUT2D eigenvalue weighted by atomic mass is 10.2. The van der Waals surface area contributed by atoms with Gasteiger partial charge in [0, 0.05) is 38.9 Å². The van der Waals surface area contributed by atoms with Gasteiger partial charge < -0.3 is 4.57 Å². The van der Waals surface area contributed by atoms with E-state index in [1.54, 1.807) is 22.8 Å². The maximum Gasteiger partial charge on any atom is 0.280 e.